The summed E-state index contributed by atoms with van der Waals surface area (Å²) < 4.78 is 10.8. The molecule has 3 amide bonds. The first kappa shape index (κ1) is 19.0. The Morgan fingerprint density at radius 3 is 2.31 bits per heavy atom. The van der Waals surface area contributed by atoms with Gasteiger partial charge in [-0.05, 0) is 19.1 Å². The van der Waals surface area contributed by atoms with Crippen LogP contribution < -0.4 is 15.4 Å². The summed E-state index contributed by atoms with van der Waals surface area (Å²) in [7, 11) is 1.38. The number of hydrogen-bond acceptors (Lipinski definition) is 5. The molecule has 0 fully saturated rings. The second kappa shape index (κ2) is 9.22. The smallest absolute Gasteiger partial charge is 0.343 e. The summed E-state index contributed by atoms with van der Waals surface area (Å²) in [6, 6.07) is 14.3. The van der Waals surface area contributed by atoms with Gasteiger partial charge in [0, 0.05) is 12.6 Å². The maximum absolute atomic E-state index is 12.6. The van der Waals surface area contributed by atoms with E-state index in [1.165, 1.54) is 7.05 Å². The lowest BCUT2D eigenvalue weighted by Crippen LogP contribution is -2.41. The van der Waals surface area contributed by atoms with E-state index in [0.717, 1.165) is 0 Å². The Bertz CT molecular complexity index is 777. The number of imide groups is 1. The molecule has 1 atom stereocenters. The molecule has 0 aliphatic carbocycles. The molecule has 136 valence electrons. The van der Waals surface area contributed by atoms with E-state index in [4.69, 9.17) is 9.47 Å². The molecule has 0 aliphatic heterocycles. The number of hydrogen-bond donors (Lipinski definition) is 2. The van der Waals surface area contributed by atoms with Gasteiger partial charge in [0.1, 0.15) is 11.3 Å². The fraction of sp³-hybridized carbons (Fsp3) is 0.211. The second-order valence-electron chi connectivity index (χ2n) is 5.19. The maximum atomic E-state index is 12.6. The van der Waals surface area contributed by atoms with E-state index in [1.54, 1.807) is 61.5 Å². The highest BCUT2D eigenvalue weighted by Gasteiger charge is 2.28. The van der Waals surface area contributed by atoms with Gasteiger partial charge in [-0.2, -0.15) is 0 Å². The molecule has 0 heterocycles. The number of rotatable bonds is 6. The standard InChI is InChI=1S/C19H20N2O5/c1-3-25-15-12-8-7-11-14(15)18(23)26-16(13-9-5-4-6-10-13)17(22)21-19(24)20-2/h4-12,16H,3H2,1-2H3,(H2,20,21,22,24)/t16-/m1/s1. The van der Waals surface area contributed by atoms with Gasteiger partial charge in [-0.25, -0.2) is 9.59 Å². The summed E-state index contributed by atoms with van der Waals surface area (Å²) >= 11 is 0. The largest absolute Gasteiger partial charge is 0.493 e. The molecule has 0 radical (unpaired) electrons. The van der Waals surface area contributed by atoms with Gasteiger partial charge in [-0.15, -0.1) is 0 Å². The molecule has 26 heavy (non-hydrogen) atoms. The minimum absolute atomic E-state index is 0.197. The normalized spacial score (nSPS) is 11.2. The fourth-order valence-electron chi connectivity index (χ4n) is 2.23. The third kappa shape index (κ3) is 4.83. The van der Waals surface area contributed by atoms with Crippen molar-refractivity contribution in [1.29, 1.82) is 0 Å². The molecule has 0 spiro atoms. The average molecular weight is 356 g/mol. The number of benzene rings is 2. The van der Waals surface area contributed by atoms with Crippen LogP contribution in [0.1, 0.15) is 28.9 Å². The van der Waals surface area contributed by atoms with Crippen LogP contribution in [-0.2, 0) is 9.53 Å². The van der Waals surface area contributed by atoms with Gasteiger partial charge in [0.2, 0.25) is 6.10 Å². The number of nitrogens with one attached hydrogen (secondary N) is 2. The highest BCUT2D eigenvalue weighted by molar-refractivity contribution is 5.99. The Balaban J connectivity index is 2.28. The highest BCUT2D eigenvalue weighted by Crippen LogP contribution is 2.24. The molecule has 2 aromatic rings. The van der Waals surface area contributed by atoms with Crippen LogP contribution in [0, 0.1) is 0 Å². The molecule has 2 N–H and O–H groups in total. The van der Waals surface area contributed by atoms with Gasteiger partial charge < -0.3 is 14.8 Å². The van der Waals surface area contributed by atoms with E-state index in [2.05, 4.69) is 10.6 Å². The van der Waals surface area contributed by atoms with E-state index in [1.807, 2.05) is 0 Å². The minimum atomic E-state index is -1.28. The first-order chi connectivity index (χ1) is 12.6. The molecule has 0 unspecified atom stereocenters. The topological polar surface area (TPSA) is 93.7 Å². The Morgan fingerprint density at radius 2 is 1.65 bits per heavy atom. The summed E-state index contributed by atoms with van der Waals surface area (Å²) in [5.74, 6) is -1.12. The molecule has 0 saturated heterocycles. The highest BCUT2D eigenvalue weighted by atomic mass is 16.6. The van der Waals surface area contributed by atoms with Gasteiger partial charge in [-0.3, -0.25) is 10.1 Å². The summed E-state index contributed by atoms with van der Waals surface area (Å²) in [6.45, 7) is 2.18. The zero-order valence-electron chi connectivity index (χ0n) is 14.5. The van der Waals surface area contributed by atoms with Crippen LogP contribution in [-0.4, -0.2) is 31.6 Å². The first-order valence-electron chi connectivity index (χ1n) is 8.07. The predicted octanol–water partition coefficient (Wildman–Crippen LogP) is 2.44. The lowest BCUT2D eigenvalue weighted by molar-refractivity contribution is -0.129. The van der Waals surface area contributed by atoms with Gasteiger partial charge in [0.05, 0.1) is 6.61 Å². The summed E-state index contributed by atoms with van der Waals surface area (Å²) in [6.07, 6.45) is -1.28. The molecule has 2 aromatic carbocycles. The third-order valence-electron chi connectivity index (χ3n) is 3.44. The average Bonchev–Trinajstić information content (AvgIpc) is 2.67. The van der Waals surface area contributed by atoms with Crippen LogP contribution in [0.25, 0.3) is 0 Å². The predicted molar refractivity (Wildman–Crippen MR) is 94.8 cm³/mol. The number of amides is 3. The van der Waals surface area contributed by atoms with Crippen LogP contribution in [0.3, 0.4) is 0 Å². The van der Waals surface area contributed by atoms with Crippen molar-refractivity contribution in [1.82, 2.24) is 10.6 Å². The quantitative estimate of drug-likeness (QED) is 0.776. The van der Waals surface area contributed by atoms with Crippen molar-refractivity contribution in [3.05, 3.63) is 65.7 Å². The Hall–Kier alpha value is -3.35. The molecule has 2 rings (SSSR count). The van der Waals surface area contributed by atoms with E-state index in [-0.39, 0.29) is 5.56 Å². The van der Waals surface area contributed by atoms with E-state index in [9.17, 15) is 14.4 Å². The van der Waals surface area contributed by atoms with E-state index in [0.29, 0.717) is 17.9 Å². The van der Waals surface area contributed by atoms with Crippen molar-refractivity contribution in [2.45, 2.75) is 13.0 Å². The van der Waals surface area contributed by atoms with Crippen molar-refractivity contribution in [3.8, 4) is 5.75 Å². The van der Waals surface area contributed by atoms with Crippen molar-refractivity contribution in [2.24, 2.45) is 0 Å². The zero-order chi connectivity index (χ0) is 18.9. The zero-order valence-corrected chi connectivity index (χ0v) is 14.5. The first-order valence-corrected chi connectivity index (χ1v) is 8.07. The van der Waals surface area contributed by atoms with E-state index >= 15 is 0 Å². The summed E-state index contributed by atoms with van der Waals surface area (Å²) in [5, 5.41) is 4.41. The lowest BCUT2D eigenvalue weighted by atomic mass is 10.1. The lowest BCUT2D eigenvalue weighted by Gasteiger charge is -2.18. The Labute approximate surface area is 151 Å². The molecule has 0 aromatic heterocycles. The Morgan fingerprint density at radius 1 is 1.00 bits per heavy atom. The van der Waals surface area contributed by atoms with Crippen molar-refractivity contribution < 1.29 is 23.9 Å². The monoisotopic (exact) mass is 356 g/mol. The molecule has 0 saturated carbocycles. The number of ether oxygens (including phenoxy) is 2. The van der Waals surface area contributed by atoms with Crippen molar-refractivity contribution in [3.63, 3.8) is 0 Å². The molecule has 7 nitrogen and oxygen atoms in total. The van der Waals surface area contributed by atoms with Gasteiger partial charge in [0.25, 0.3) is 5.91 Å². The van der Waals surface area contributed by atoms with Crippen LogP contribution in [0.4, 0.5) is 4.79 Å². The molecule has 0 aliphatic rings. The van der Waals surface area contributed by atoms with Crippen LogP contribution in [0.2, 0.25) is 0 Å². The minimum Gasteiger partial charge on any atom is -0.493 e. The number of urea groups is 1. The molecular formula is C19H20N2O5. The van der Waals surface area contributed by atoms with Crippen molar-refractivity contribution >= 4 is 17.9 Å². The molecular weight excluding hydrogens is 336 g/mol. The van der Waals surface area contributed by atoms with Gasteiger partial charge in [-0.1, -0.05) is 42.5 Å². The van der Waals surface area contributed by atoms with Crippen LogP contribution in [0.15, 0.2) is 54.6 Å². The summed E-state index contributed by atoms with van der Waals surface area (Å²) in [5.41, 5.74) is 0.638. The van der Waals surface area contributed by atoms with Crippen LogP contribution in [0.5, 0.6) is 5.75 Å². The molecule has 7 heteroatoms. The second-order valence-corrected chi connectivity index (χ2v) is 5.19. The van der Waals surface area contributed by atoms with Gasteiger partial charge in [0.15, 0.2) is 0 Å². The van der Waals surface area contributed by atoms with Crippen molar-refractivity contribution in [2.75, 3.05) is 13.7 Å². The van der Waals surface area contributed by atoms with Crippen LogP contribution >= 0.6 is 0 Å². The number of esters is 1. The van der Waals surface area contributed by atoms with Gasteiger partial charge >= 0.3 is 12.0 Å². The number of para-hydroxylation sites is 1. The van der Waals surface area contributed by atoms with E-state index < -0.39 is 24.0 Å². The number of carbonyl (C=O) groups is 3. The molecule has 0 bridgehead atoms. The SMILES string of the molecule is CCOc1ccccc1C(=O)O[C@@H](C(=O)NC(=O)NC)c1ccccc1. The maximum Gasteiger partial charge on any atom is 0.343 e. The fourth-order valence-corrected chi connectivity index (χ4v) is 2.23. The Kier molecular flexibility index (Phi) is 6.73. The summed E-state index contributed by atoms with van der Waals surface area (Å²) in [4.78, 5) is 36.5. The third-order valence-corrected chi connectivity index (χ3v) is 3.44. The number of carbonyl (C=O) groups excluding carboxylic acids is 3.